The molecule has 1 N–H and O–H groups in total. The van der Waals surface area contributed by atoms with Crippen molar-refractivity contribution in [2.24, 2.45) is 0 Å². The zero-order chi connectivity index (χ0) is 19.7. The molecule has 5 heteroatoms. The van der Waals surface area contributed by atoms with Crippen LogP contribution in [0, 0.1) is 18.3 Å². The number of nitrogens with one attached hydrogen (secondary N) is 1. The van der Waals surface area contributed by atoms with Gasteiger partial charge in [0.25, 0.3) is 5.56 Å². The summed E-state index contributed by atoms with van der Waals surface area (Å²) in [5, 5.41) is 12.5. The molecule has 0 spiro atoms. The maximum absolute atomic E-state index is 12.7. The third-order valence-corrected chi connectivity index (χ3v) is 5.45. The van der Waals surface area contributed by atoms with Crippen molar-refractivity contribution < 1.29 is 4.42 Å². The zero-order valence-corrected chi connectivity index (χ0v) is 16.4. The molecule has 0 aliphatic heterocycles. The number of nitrogens with zero attached hydrogens (tertiary/aromatic N) is 1. The molecular weight excluding hydrogens is 368 g/mol. The fourth-order valence-electron chi connectivity index (χ4n) is 3.31. The number of hydrogen-bond donors (Lipinski definition) is 1. The van der Waals surface area contributed by atoms with Crippen molar-refractivity contribution in [1.29, 1.82) is 5.26 Å². The molecule has 4 nitrogen and oxygen atoms in total. The van der Waals surface area contributed by atoms with Crippen LogP contribution in [0.25, 0.3) is 33.2 Å². The van der Waals surface area contributed by atoms with E-state index in [1.807, 2.05) is 62.4 Å². The molecule has 28 heavy (non-hydrogen) atoms. The van der Waals surface area contributed by atoms with Crippen LogP contribution in [-0.2, 0) is 0 Å². The third-order valence-electron chi connectivity index (χ3n) is 4.59. The number of thioether (sulfide) groups is 1. The Bertz CT molecular complexity index is 1280. The number of fused-ring (bicyclic) bond motifs is 1. The Morgan fingerprint density at radius 1 is 1.07 bits per heavy atom. The van der Waals surface area contributed by atoms with Crippen LogP contribution in [0.1, 0.15) is 18.2 Å². The number of nitriles is 1. The van der Waals surface area contributed by atoms with Gasteiger partial charge in [-0.1, -0.05) is 55.1 Å². The zero-order valence-electron chi connectivity index (χ0n) is 15.6. The van der Waals surface area contributed by atoms with E-state index in [0.29, 0.717) is 11.3 Å². The van der Waals surface area contributed by atoms with E-state index in [1.165, 1.54) is 0 Å². The summed E-state index contributed by atoms with van der Waals surface area (Å²) in [6.07, 6.45) is 0. The summed E-state index contributed by atoms with van der Waals surface area (Å²) >= 11 is 1.56. The summed E-state index contributed by atoms with van der Waals surface area (Å²) in [6, 6.07) is 19.9. The molecule has 2 heterocycles. The lowest BCUT2D eigenvalue weighted by molar-refractivity contribution is 0.450. The van der Waals surface area contributed by atoms with Gasteiger partial charge in [-0.05, 0) is 47.2 Å². The van der Waals surface area contributed by atoms with Crippen LogP contribution < -0.4 is 5.56 Å². The Kier molecular flexibility index (Phi) is 4.81. The number of hydrogen-bond acceptors (Lipinski definition) is 4. The highest BCUT2D eigenvalue weighted by Gasteiger charge is 2.18. The molecule has 4 aromatic rings. The first kappa shape index (κ1) is 18.1. The monoisotopic (exact) mass is 386 g/mol. The van der Waals surface area contributed by atoms with Crippen LogP contribution >= 0.6 is 11.8 Å². The van der Waals surface area contributed by atoms with E-state index >= 15 is 0 Å². The molecule has 4 rings (SSSR count). The predicted octanol–water partition coefficient (Wildman–Crippen LogP) is 5.75. The largest absolute Gasteiger partial charge is 0.455 e. The lowest BCUT2D eigenvalue weighted by Crippen LogP contribution is -2.12. The fourth-order valence-corrected chi connectivity index (χ4v) is 4.09. The van der Waals surface area contributed by atoms with Gasteiger partial charge < -0.3 is 9.40 Å². The van der Waals surface area contributed by atoms with Gasteiger partial charge >= 0.3 is 0 Å². The molecule has 138 valence electrons. The first-order valence-corrected chi connectivity index (χ1v) is 9.99. The number of aromatic amines is 1. The van der Waals surface area contributed by atoms with E-state index in [1.54, 1.807) is 11.8 Å². The Balaban J connectivity index is 1.94. The van der Waals surface area contributed by atoms with Crippen molar-refractivity contribution >= 4 is 22.5 Å². The molecular formula is C23H18N2O2S. The topological polar surface area (TPSA) is 69.8 Å². The molecule has 2 aromatic carbocycles. The maximum atomic E-state index is 12.7. The van der Waals surface area contributed by atoms with Gasteiger partial charge in [-0.25, -0.2) is 0 Å². The van der Waals surface area contributed by atoms with Crippen LogP contribution in [-0.4, -0.2) is 10.7 Å². The van der Waals surface area contributed by atoms with Gasteiger partial charge in [-0.2, -0.15) is 5.26 Å². The minimum Gasteiger partial charge on any atom is -0.455 e. The summed E-state index contributed by atoms with van der Waals surface area (Å²) < 4.78 is 5.79. The molecule has 0 amide bonds. The van der Waals surface area contributed by atoms with Gasteiger partial charge in [-0.15, -0.1) is 0 Å². The summed E-state index contributed by atoms with van der Waals surface area (Å²) in [5.74, 6) is 1.59. The Labute approximate surface area is 166 Å². The van der Waals surface area contributed by atoms with Gasteiger partial charge in [0.05, 0.1) is 0 Å². The highest BCUT2D eigenvalue weighted by atomic mass is 32.2. The van der Waals surface area contributed by atoms with Crippen molar-refractivity contribution in [2.75, 3.05) is 5.75 Å². The first-order chi connectivity index (χ1) is 13.6. The SMILES string of the molecule is CCSc1oc(C)cc1-c1cc(-c2ccc3ccccc3c2)[nH]c(=O)c1C#N. The molecule has 0 bridgehead atoms. The van der Waals surface area contributed by atoms with Crippen LogP contribution in [0.2, 0.25) is 0 Å². The maximum Gasteiger partial charge on any atom is 0.266 e. The van der Waals surface area contributed by atoms with Crippen molar-refractivity contribution in [3.8, 4) is 28.5 Å². The molecule has 0 fully saturated rings. The van der Waals surface area contributed by atoms with E-state index in [-0.39, 0.29) is 5.56 Å². The van der Waals surface area contributed by atoms with Crippen molar-refractivity contribution in [3.63, 3.8) is 0 Å². The Hall–Kier alpha value is -3.23. The molecule has 0 aliphatic rings. The Morgan fingerprint density at radius 2 is 1.86 bits per heavy atom. The summed E-state index contributed by atoms with van der Waals surface area (Å²) in [6.45, 7) is 3.91. The smallest absolute Gasteiger partial charge is 0.266 e. The lowest BCUT2D eigenvalue weighted by Gasteiger charge is -2.09. The standard InChI is InChI=1S/C23H18N2O2S/c1-3-28-23-19(10-14(2)27-23)18-12-21(25-22(26)20(18)13-24)17-9-8-15-6-4-5-7-16(15)11-17/h4-12H,3H2,1-2H3,(H,25,26). The van der Waals surface area contributed by atoms with E-state index in [2.05, 4.69) is 17.1 Å². The molecule has 0 saturated carbocycles. The fraction of sp³-hybridized carbons (Fsp3) is 0.130. The number of rotatable bonds is 4. The second kappa shape index (κ2) is 7.41. The minimum atomic E-state index is -0.394. The van der Waals surface area contributed by atoms with Crippen molar-refractivity contribution in [1.82, 2.24) is 4.98 Å². The van der Waals surface area contributed by atoms with Gasteiger partial charge in [0.15, 0.2) is 5.09 Å². The average Bonchev–Trinajstić information content (AvgIpc) is 3.07. The summed E-state index contributed by atoms with van der Waals surface area (Å²) in [4.78, 5) is 15.5. The van der Waals surface area contributed by atoms with E-state index < -0.39 is 5.56 Å². The predicted molar refractivity (Wildman–Crippen MR) is 114 cm³/mol. The van der Waals surface area contributed by atoms with E-state index in [0.717, 1.165) is 38.5 Å². The van der Waals surface area contributed by atoms with Crippen LogP contribution in [0.15, 0.2) is 68.9 Å². The van der Waals surface area contributed by atoms with Crippen LogP contribution in [0.5, 0.6) is 0 Å². The van der Waals surface area contributed by atoms with Crippen molar-refractivity contribution in [2.45, 2.75) is 18.9 Å². The molecule has 0 saturated heterocycles. The van der Waals surface area contributed by atoms with Gasteiger partial charge in [0, 0.05) is 16.8 Å². The molecule has 2 aromatic heterocycles. The quantitative estimate of drug-likeness (QED) is 0.454. The van der Waals surface area contributed by atoms with Crippen LogP contribution in [0.4, 0.5) is 0 Å². The van der Waals surface area contributed by atoms with E-state index in [4.69, 9.17) is 4.42 Å². The highest BCUT2D eigenvalue weighted by molar-refractivity contribution is 7.99. The summed E-state index contributed by atoms with van der Waals surface area (Å²) in [7, 11) is 0. The lowest BCUT2D eigenvalue weighted by atomic mass is 9.99. The second-order valence-corrected chi connectivity index (χ2v) is 7.70. The van der Waals surface area contributed by atoms with Gasteiger partial charge in [0.2, 0.25) is 0 Å². The first-order valence-electron chi connectivity index (χ1n) is 9.01. The van der Waals surface area contributed by atoms with Gasteiger partial charge in [0.1, 0.15) is 17.4 Å². The number of aryl methyl sites for hydroxylation is 1. The molecule has 0 aliphatic carbocycles. The van der Waals surface area contributed by atoms with Crippen LogP contribution in [0.3, 0.4) is 0 Å². The minimum absolute atomic E-state index is 0.100. The molecule has 0 radical (unpaired) electrons. The second-order valence-electron chi connectivity index (χ2n) is 6.47. The average molecular weight is 386 g/mol. The van der Waals surface area contributed by atoms with Crippen molar-refractivity contribution in [3.05, 3.63) is 76.3 Å². The molecule has 0 unspecified atom stereocenters. The highest BCUT2D eigenvalue weighted by Crippen LogP contribution is 2.36. The van der Waals surface area contributed by atoms with Gasteiger partial charge in [-0.3, -0.25) is 4.79 Å². The number of H-pyrrole nitrogens is 1. The number of aromatic nitrogens is 1. The number of benzene rings is 2. The number of pyridine rings is 1. The third kappa shape index (κ3) is 3.23. The molecule has 0 atom stereocenters. The normalized spacial score (nSPS) is 10.9. The summed E-state index contributed by atoms with van der Waals surface area (Å²) in [5.41, 5.74) is 2.66. The number of furan rings is 1. The Morgan fingerprint density at radius 3 is 2.61 bits per heavy atom. The van der Waals surface area contributed by atoms with E-state index in [9.17, 15) is 10.1 Å².